The van der Waals surface area contributed by atoms with Gasteiger partial charge in [-0.1, -0.05) is 11.6 Å². The predicted octanol–water partition coefficient (Wildman–Crippen LogP) is 2.23. The van der Waals surface area contributed by atoms with Crippen LogP contribution < -0.4 is 10.0 Å². The molecule has 8 nitrogen and oxygen atoms in total. The second-order valence-corrected chi connectivity index (χ2v) is 8.30. The van der Waals surface area contributed by atoms with Gasteiger partial charge in [-0.15, -0.1) is 0 Å². The Labute approximate surface area is 162 Å². The number of aromatic amines is 1. The minimum atomic E-state index is -3.73. The summed E-state index contributed by atoms with van der Waals surface area (Å²) in [7, 11) is -3.73. The van der Waals surface area contributed by atoms with Crippen molar-refractivity contribution >= 4 is 39.7 Å². The molecule has 0 aliphatic carbocycles. The number of halogens is 1. The molecule has 1 amide bonds. The molecule has 0 atom stereocenters. The van der Waals surface area contributed by atoms with Gasteiger partial charge in [0, 0.05) is 12.6 Å². The number of H-pyrrole nitrogens is 1. The maximum absolute atomic E-state index is 12.5. The highest BCUT2D eigenvalue weighted by molar-refractivity contribution is 7.89. The number of nitrogens with zero attached hydrogens (tertiary/aromatic N) is 2. The van der Waals surface area contributed by atoms with Crippen LogP contribution in [0.2, 0.25) is 5.02 Å². The molecule has 1 aromatic heterocycles. The highest BCUT2D eigenvalue weighted by Gasteiger charge is 2.20. The summed E-state index contributed by atoms with van der Waals surface area (Å²) >= 11 is 11.2. The minimum Gasteiger partial charge on any atom is -0.345 e. The summed E-state index contributed by atoms with van der Waals surface area (Å²) < 4.78 is 29.2. The van der Waals surface area contributed by atoms with E-state index in [1.165, 1.54) is 18.2 Å². The molecule has 0 aliphatic heterocycles. The Morgan fingerprint density at radius 1 is 1.42 bits per heavy atom. The van der Waals surface area contributed by atoms with E-state index in [2.05, 4.69) is 20.2 Å². The van der Waals surface area contributed by atoms with Crippen molar-refractivity contribution in [3.05, 3.63) is 39.4 Å². The fraction of sp³-hybridized carbons (Fsp3) is 0.400. The topological polar surface area (TPSA) is 109 Å². The average Bonchev–Trinajstić information content (AvgIpc) is 2.91. The Kier molecular flexibility index (Phi) is 6.56. The number of rotatable bonds is 7. The molecule has 2 aromatic rings. The van der Waals surface area contributed by atoms with Crippen LogP contribution in [0.15, 0.2) is 23.1 Å². The highest BCUT2D eigenvalue weighted by Crippen LogP contribution is 2.21. The Balaban J connectivity index is 2.23. The van der Waals surface area contributed by atoms with E-state index >= 15 is 0 Å². The molecular formula is C15H20ClN5O3S2. The van der Waals surface area contributed by atoms with E-state index in [1.807, 2.05) is 6.92 Å². The molecule has 0 bridgehead atoms. The van der Waals surface area contributed by atoms with Crippen molar-refractivity contribution in [2.75, 3.05) is 0 Å². The quantitative estimate of drug-likeness (QED) is 0.598. The lowest BCUT2D eigenvalue weighted by molar-refractivity contribution is 0.0949. The van der Waals surface area contributed by atoms with Crippen LogP contribution in [-0.2, 0) is 23.1 Å². The first-order valence-corrected chi connectivity index (χ1v) is 10.2. The Morgan fingerprint density at radius 3 is 2.73 bits per heavy atom. The molecule has 0 saturated heterocycles. The number of carbonyl (C=O) groups is 1. The Morgan fingerprint density at radius 2 is 2.12 bits per heavy atom. The molecule has 0 unspecified atom stereocenters. The second kappa shape index (κ2) is 8.30. The van der Waals surface area contributed by atoms with Crippen molar-refractivity contribution < 1.29 is 13.2 Å². The molecule has 142 valence electrons. The van der Waals surface area contributed by atoms with Crippen LogP contribution >= 0.6 is 23.8 Å². The lowest BCUT2D eigenvalue weighted by Gasteiger charge is -2.12. The zero-order chi connectivity index (χ0) is 19.5. The molecule has 1 heterocycles. The third-order valence-corrected chi connectivity index (χ3v) is 5.74. The van der Waals surface area contributed by atoms with Crippen LogP contribution in [0.4, 0.5) is 0 Å². The maximum atomic E-state index is 12.5. The molecule has 11 heteroatoms. The number of benzene rings is 1. The molecule has 0 spiro atoms. The number of nitrogens with one attached hydrogen (secondary N) is 3. The monoisotopic (exact) mass is 417 g/mol. The largest absolute Gasteiger partial charge is 0.345 e. The molecule has 0 radical (unpaired) electrons. The first-order chi connectivity index (χ1) is 12.2. The first kappa shape index (κ1) is 20.6. The molecule has 0 saturated carbocycles. The van der Waals surface area contributed by atoms with Crippen molar-refractivity contribution in [3.63, 3.8) is 0 Å². The summed E-state index contributed by atoms with van der Waals surface area (Å²) in [6.45, 7) is 6.06. The van der Waals surface area contributed by atoms with Crippen molar-refractivity contribution in [1.82, 2.24) is 24.8 Å². The van der Waals surface area contributed by atoms with E-state index in [9.17, 15) is 13.2 Å². The summed E-state index contributed by atoms with van der Waals surface area (Å²) in [6.07, 6.45) is 0. The first-order valence-electron chi connectivity index (χ1n) is 7.90. The lowest BCUT2D eigenvalue weighted by Crippen LogP contribution is -2.30. The van der Waals surface area contributed by atoms with Crippen LogP contribution in [0.5, 0.6) is 0 Å². The number of amides is 1. The summed E-state index contributed by atoms with van der Waals surface area (Å²) in [5.74, 6) is 0.0559. The van der Waals surface area contributed by atoms with Gasteiger partial charge in [-0.05, 0) is 51.2 Å². The van der Waals surface area contributed by atoms with Gasteiger partial charge in [0.15, 0.2) is 10.6 Å². The number of sulfonamides is 1. The van der Waals surface area contributed by atoms with Crippen LogP contribution in [0.1, 0.15) is 37.0 Å². The van der Waals surface area contributed by atoms with Crippen molar-refractivity contribution in [3.8, 4) is 0 Å². The average molecular weight is 418 g/mol. The SMILES string of the molecule is CCn1c(CNC(=O)c2cc(S(=O)(=O)NC(C)C)ccc2Cl)n[nH]c1=S. The van der Waals surface area contributed by atoms with Gasteiger partial charge in [0.2, 0.25) is 10.0 Å². The van der Waals surface area contributed by atoms with Gasteiger partial charge in [-0.3, -0.25) is 9.89 Å². The van der Waals surface area contributed by atoms with E-state index in [4.69, 9.17) is 23.8 Å². The molecule has 0 aliphatic rings. The standard InChI is InChI=1S/C15H20ClN5O3S2/c1-4-21-13(18-19-15(21)25)8-17-14(22)11-7-10(5-6-12(11)16)26(23,24)20-9(2)3/h5-7,9,20H,4,8H2,1-3H3,(H,17,22)(H,19,25). The van der Waals surface area contributed by atoms with E-state index in [0.717, 1.165) is 0 Å². The Bertz CT molecular complexity index is 966. The zero-order valence-corrected chi connectivity index (χ0v) is 16.9. The van der Waals surface area contributed by atoms with E-state index < -0.39 is 15.9 Å². The van der Waals surface area contributed by atoms with E-state index in [0.29, 0.717) is 17.1 Å². The van der Waals surface area contributed by atoms with E-state index in [1.54, 1.807) is 18.4 Å². The lowest BCUT2D eigenvalue weighted by atomic mass is 10.2. The molecule has 3 N–H and O–H groups in total. The molecule has 1 aromatic carbocycles. The van der Waals surface area contributed by atoms with Gasteiger partial charge in [-0.2, -0.15) is 5.10 Å². The van der Waals surface area contributed by atoms with Crippen LogP contribution in [0.3, 0.4) is 0 Å². The van der Waals surface area contributed by atoms with Crippen molar-refractivity contribution in [2.24, 2.45) is 0 Å². The summed E-state index contributed by atoms with van der Waals surface area (Å²) in [4.78, 5) is 12.4. The number of hydrogen-bond acceptors (Lipinski definition) is 5. The van der Waals surface area contributed by atoms with Gasteiger partial charge in [0.05, 0.1) is 22.0 Å². The van der Waals surface area contributed by atoms with E-state index in [-0.39, 0.29) is 28.1 Å². The molecular weight excluding hydrogens is 398 g/mol. The van der Waals surface area contributed by atoms with Crippen molar-refractivity contribution in [1.29, 1.82) is 0 Å². The van der Waals surface area contributed by atoms with Gasteiger partial charge < -0.3 is 9.88 Å². The maximum Gasteiger partial charge on any atom is 0.253 e. The highest BCUT2D eigenvalue weighted by atomic mass is 35.5. The van der Waals surface area contributed by atoms with Gasteiger partial charge >= 0.3 is 0 Å². The second-order valence-electron chi connectivity index (χ2n) is 5.79. The summed E-state index contributed by atoms with van der Waals surface area (Å²) in [6, 6.07) is 3.71. The van der Waals surface area contributed by atoms with Crippen LogP contribution in [0, 0.1) is 4.77 Å². The van der Waals surface area contributed by atoms with Crippen molar-refractivity contribution in [2.45, 2.75) is 44.8 Å². The number of hydrogen-bond donors (Lipinski definition) is 3. The third-order valence-electron chi connectivity index (χ3n) is 3.44. The van der Waals surface area contributed by atoms with Crippen LogP contribution in [0.25, 0.3) is 0 Å². The zero-order valence-electron chi connectivity index (χ0n) is 14.5. The fourth-order valence-corrected chi connectivity index (χ4v) is 4.05. The van der Waals surface area contributed by atoms with Gasteiger partial charge in [0.1, 0.15) is 0 Å². The Hall–Kier alpha value is -1.75. The van der Waals surface area contributed by atoms with Crippen LogP contribution in [-0.4, -0.2) is 35.1 Å². The third kappa shape index (κ3) is 4.70. The molecule has 2 rings (SSSR count). The molecule has 26 heavy (non-hydrogen) atoms. The normalized spacial score (nSPS) is 11.7. The van der Waals surface area contributed by atoms with Gasteiger partial charge in [0.25, 0.3) is 5.91 Å². The summed E-state index contributed by atoms with van der Waals surface area (Å²) in [5, 5.41) is 9.55. The fourth-order valence-electron chi connectivity index (χ4n) is 2.29. The smallest absolute Gasteiger partial charge is 0.253 e. The number of aromatic nitrogens is 3. The molecule has 0 fully saturated rings. The predicted molar refractivity (Wildman–Crippen MR) is 101 cm³/mol. The number of carbonyl (C=O) groups excluding carboxylic acids is 1. The summed E-state index contributed by atoms with van der Waals surface area (Å²) in [5.41, 5.74) is 0.0653. The minimum absolute atomic E-state index is 0.0306. The van der Waals surface area contributed by atoms with Gasteiger partial charge in [-0.25, -0.2) is 13.1 Å².